The van der Waals surface area contributed by atoms with Crippen LogP contribution in [0.5, 0.6) is 0 Å². The number of benzene rings is 1. The van der Waals surface area contributed by atoms with Crippen molar-refractivity contribution in [1.29, 1.82) is 0 Å². The third-order valence-electron chi connectivity index (χ3n) is 3.69. The number of thiophene rings is 1. The number of hydrogen-bond acceptors (Lipinski definition) is 3. The van der Waals surface area contributed by atoms with Gasteiger partial charge in [-0.05, 0) is 49.0 Å². The van der Waals surface area contributed by atoms with Gasteiger partial charge in [0.15, 0.2) is 5.78 Å². The number of carbonyl (C=O) groups excluding carboxylic acids is 1. The van der Waals surface area contributed by atoms with E-state index in [-0.39, 0.29) is 5.78 Å². The van der Waals surface area contributed by atoms with Crippen molar-refractivity contribution in [3.05, 3.63) is 56.2 Å². The maximum absolute atomic E-state index is 12.3. The van der Waals surface area contributed by atoms with E-state index in [1.807, 2.05) is 29.0 Å². The van der Waals surface area contributed by atoms with Gasteiger partial charge < -0.3 is 0 Å². The molecule has 0 unspecified atom stereocenters. The van der Waals surface area contributed by atoms with Gasteiger partial charge in [-0.15, -0.1) is 0 Å². The van der Waals surface area contributed by atoms with E-state index in [9.17, 15) is 4.79 Å². The number of carbonyl (C=O) groups is 1. The first-order chi connectivity index (χ1) is 9.74. The monoisotopic (exact) mass is 349 g/mol. The molecule has 4 heteroatoms. The Bertz CT molecular complexity index is 603. The molecule has 0 bridgehead atoms. The Morgan fingerprint density at radius 3 is 2.65 bits per heavy atom. The minimum Gasteiger partial charge on any atom is -0.299 e. The van der Waals surface area contributed by atoms with E-state index in [0.29, 0.717) is 0 Å². The number of rotatable bonds is 4. The van der Waals surface area contributed by atoms with Crippen LogP contribution in [0.4, 0.5) is 0 Å². The predicted molar refractivity (Wildman–Crippen MR) is 86.4 cm³/mol. The van der Waals surface area contributed by atoms with Gasteiger partial charge in [0.05, 0.1) is 0 Å². The van der Waals surface area contributed by atoms with Crippen molar-refractivity contribution >= 4 is 33.0 Å². The summed E-state index contributed by atoms with van der Waals surface area (Å²) in [6.07, 6.45) is 2.60. The molecular weight excluding hydrogens is 334 g/mol. The fraction of sp³-hybridized carbons (Fsp3) is 0.312. The molecule has 0 radical (unpaired) electrons. The highest BCUT2D eigenvalue weighted by molar-refractivity contribution is 9.10. The van der Waals surface area contributed by atoms with Crippen LogP contribution in [0.2, 0.25) is 0 Å². The average Bonchev–Trinajstić information content (AvgIpc) is 3.12. The van der Waals surface area contributed by atoms with Gasteiger partial charge in [-0.2, -0.15) is 11.3 Å². The number of ketones is 1. The van der Waals surface area contributed by atoms with Crippen LogP contribution in [0.25, 0.3) is 0 Å². The van der Waals surface area contributed by atoms with Crippen LogP contribution in [-0.2, 0) is 6.54 Å². The van der Waals surface area contributed by atoms with Crippen molar-refractivity contribution in [2.45, 2.75) is 19.4 Å². The van der Waals surface area contributed by atoms with Gasteiger partial charge in [-0.3, -0.25) is 9.69 Å². The molecule has 1 aromatic heterocycles. The second-order valence-electron chi connectivity index (χ2n) is 5.13. The van der Waals surface area contributed by atoms with Crippen molar-refractivity contribution in [2.75, 3.05) is 13.1 Å². The molecule has 0 saturated carbocycles. The van der Waals surface area contributed by atoms with Gasteiger partial charge in [-0.1, -0.05) is 28.1 Å². The van der Waals surface area contributed by atoms with Crippen LogP contribution >= 0.6 is 27.3 Å². The lowest BCUT2D eigenvalue weighted by Gasteiger charge is -2.16. The molecule has 0 N–H and O–H groups in total. The molecule has 0 amide bonds. The predicted octanol–water partition coefficient (Wildman–Crippen LogP) is 4.34. The molecule has 3 rings (SSSR count). The summed E-state index contributed by atoms with van der Waals surface area (Å²) in [5.74, 6) is 0.0969. The Labute approximate surface area is 131 Å². The molecule has 0 aliphatic carbocycles. The summed E-state index contributed by atoms with van der Waals surface area (Å²) in [7, 11) is 0. The molecule has 2 aromatic rings. The minimum absolute atomic E-state index is 0.0969. The Balaban J connectivity index is 1.78. The second kappa shape index (κ2) is 6.20. The van der Waals surface area contributed by atoms with E-state index in [1.54, 1.807) is 11.3 Å². The summed E-state index contributed by atoms with van der Waals surface area (Å²) in [6, 6.07) is 7.84. The Morgan fingerprint density at radius 2 is 2.00 bits per heavy atom. The molecule has 2 nitrogen and oxygen atoms in total. The number of halogens is 1. The normalized spacial score (nSPS) is 15.7. The molecule has 0 atom stereocenters. The standard InChI is InChI=1S/C16H16BrNOS/c17-15-9-12(16(19)14-5-8-20-11-14)3-4-13(15)10-18-6-1-2-7-18/h3-5,8-9,11H,1-2,6-7,10H2. The number of nitrogens with zero attached hydrogens (tertiary/aromatic N) is 1. The quantitative estimate of drug-likeness (QED) is 0.765. The molecule has 104 valence electrons. The highest BCUT2D eigenvalue weighted by atomic mass is 79.9. The molecule has 0 spiro atoms. The molecule has 1 aliphatic heterocycles. The zero-order chi connectivity index (χ0) is 13.9. The smallest absolute Gasteiger partial charge is 0.193 e. The Hall–Kier alpha value is -0.970. The molecule has 2 heterocycles. The first-order valence-electron chi connectivity index (χ1n) is 6.82. The van der Waals surface area contributed by atoms with Crippen molar-refractivity contribution in [2.24, 2.45) is 0 Å². The number of hydrogen-bond donors (Lipinski definition) is 0. The summed E-state index contributed by atoms with van der Waals surface area (Å²) in [5.41, 5.74) is 2.78. The lowest BCUT2D eigenvalue weighted by Crippen LogP contribution is -2.18. The van der Waals surface area contributed by atoms with Crippen LogP contribution in [0, 0.1) is 0 Å². The highest BCUT2D eigenvalue weighted by Crippen LogP contribution is 2.24. The molecular formula is C16H16BrNOS. The van der Waals surface area contributed by atoms with Crippen molar-refractivity contribution in [1.82, 2.24) is 4.90 Å². The van der Waals surface area contributed by atoms with E-state index in [2.05, 4.69) is 26.9 Å². The highest BCUT2D eigenvalue weighted by Gasteiger charge is 2.15. The third kappa shape index (κ3) is 3.03. The average molecular weight is 350 g/mol. The molecule has 1 aromatic carbocycles. The Kier molecular flexibility index (Phi) is 4.34. The van der Waals surface area contributed by atoms with Crippen molar-refractivity contribution in [3.8, 4) is 0 Å². The summed E-state index contributed by atoms with van der Waals surface area (Å²) in [4.78, 5) is 14.7. The molecule has 1 saturated heterocycles. The van der Waals surface area contributed by atoms with E-state index < -0.39 is 0 Å². The lowest BCUT2D eigenvalue weighted by molar-refractivity contribution is 0.103. The van der Waals surface area contributed by atoms with Crippen LogP contribution in [0.15, 0.2) is 39.5 Å². The summed E-state index contributed by atoms with van der Waals surface area (Å²) in [6.45, 7) is 3.33. The van der Waals surface area contributed by atoms with Gasteiger partial charge in [0, 0.05) is 27.5 Å². The topological polar surface area (TPSA) is 20.3 Å². The van der Waals surface area contributed by atoms with Gasteiger partial charge in [-0.25, -0.2) is 0 Å². The van der Waals surface area contributed by atoms with Crippen molar-refractivity contribution in [3.63, 3.8) is 0 Å². The zero-order valence-electron chi connectivity index (χ0n) is 11.1. The SMILES string of the molecule is O=C(c1ccsc1)c1ccc(CN2CCCC2)c(Br)c1. The van der Waals surface area contributed by atoms with Crippen LogP contribution in [-0.4, -0.2) is 23.8 Å². The van der Waals surface area contributed by atoms with Crippen LogP contribution in [0.3, 0.4) is 0 Å². The van der Waals surface area contributed by atoms with Crippen LogP contribution in [0.1, 0.15) is 34.3 Å². The zero-order valence-corrected chi connectivity index (χ0v) is 13.5. The van der Waals surface area contributed by atoms with E-state index in [0.717, 1.165) is 22.1 Å². The van der Waals surface area contributed by atoms with E-state index in [1.165, 1.54) is 31.5 Å². The van der Waals surface area contributed by atoms with Gasteiger partial charge >= 0.3 is 0 Å². The maximum Gasteiger partial charge on any atom is 0.193 e. The second-order valence-corrected chi connectivity index (χ2v) is 6.76. The Morgan fingerprint density at radius 1 is 1.20 bits per heavy atom. The molecule has 1 aliphatic rings. The summed E-state index contributed by atoms with van der Waals surface area (Å²) >= 11 is 5.16. The first-order valence-corrected chi connectivity index (χ1v) is 8.55. The first kappa shape index (κ1) is 14.0. The molecule has 20 heavy (non-hydrogen) atoms. The summed E-state index contributed by atoms with van der Waals surface area (Å²) in [5, 5.41) is 3.83. The van der Waals surface area contributed by atoms with E-state index >= 15 is 0 Å². The fourth-order valence-electron chi connectivity index (χ4n) is 2.56. The van der Waals surface area contributed by atoms with Gasteiger partial charge in [0.25, 0.3) is 0 Å². The van der Waals surface area contributed by atoms with Gasteiger partial charge in [0.1, 0.15) is 0 Å². The van der Waals surface area contributed by atoms with Crippen molar-refractivity contribution < 1.29 is 4.79 Å². The minimum atomic E-state index is 0.0969. The number of likely N-dealkylation sites (tertiary alicyclic amines) is 1. The largest absolute Gasteiger partial charge is 0.299 e. The summed E-state index contributed by atoms with van der Waals surface area (Å²) < 4.78 is 1.03. The van der Waals surface area contributed by atoms with Gasteiger partial charge in [0.2, 0.25) is 0 Å². The maximum atomic E-state index is 12.3. The third-order valence-corrected chi connectivity index (χ3v) is 5.11. The van der Waals surface area contributed by atoms with Crippen LogP contribution < -0.4 is 0 Å². The molecule has 1 fully saturated rings. The van der Waals surface area contributed by atoms with E-state index in [4.69, 9.17) is 0 Å². The fourth-order valence-corrected chi connectivity index (χ4v) is 3.70. The lowest BCUT2D eigenvalue weighted by atomic mass is 10.0.